The van der Waals surface area contributed by atoms with Gasteiger partial charge < -0.3 is 9.88 Å². The Morgan fingerprint density at radius 3 is 2.52 bits per heavy atom. The Labute approximate surface area is 196 Å². The molecule has 0 bridgehead atoms. The van der Waals surface area contributed by atoms with E-state index >= 15 is 0 Å². The second-order valence-corrected chi connectivity index (χ2v) is 9.91. The summed E-state index contributed by atoms with van der Waals surface area (Å²) in [6, 6.07) is 17.0. The predicted octanol–water partition coefficient (Wildman–Crippen LogP) is 3.88. The van der Waals surface area contributed by atoms with E-state index in [9.17, 15) is 8.42 Å². The van der Waals surface area contributed by atoms with E-state index in [-0.39, 0.29) is 13.6 Å². The molecule has 1 fully saturated rings. The van der Waals surface area contributed by atoms with Crippen LogP contribution < -0.4 is 9.62 Å². The summed E-state index contributed by atoms with van der Waals surface area (Å²) < 4.78 is 27.7. The summed E-state index contributed by atoms with van der Waals surface area (Å²) in [6.45, 7) is 6.76. The minimum Gasteiger partial charge on any atom is -0.369 e. The quantitative estimate of drug-likeness (QED) is 0.448. The van der Waals surface area contributed by atoms with Crippen LogP contribution in [0.4, 0.5) is 11.5 Å². The van der Waals surface area contributed by atoms with Gasteiger partial charge in [0.1, 0.15) is 12.1 Å². The zero-order chi connectivity index (χ0) is 22.8. The number of nitrogens with zero attached hydrogens (tertiary/aromatic N) is 4. The van der Waals surface area contributed by atoms with Crippen molar-refractivity contribution in [3.05, 3.63) is 78.4 Å². The van der Waals surface area contributed by atoms with E-state index in [1.54, 1.807) is 12.1 Å². The predicted molar refractivity (Wildman–Crippen MR) is 134 cm³/mol. The molecule has 174 valence electrons. The molecule has 2 aromatic carbocycles. The second-order valence-electron chi connectivity index (χ2n) is 8.23. The maximum Gasteiger partial charge on any atom is 0.263 e. The number of nitrogens with one attached hydrogen (secondary N) is 2. The lowest BCUT2D eigenvalue weighted by Gasteiger charge is -2.36. The Hall–Kier alpha value is -3.43. The molecule has 33 heavy (non-hydrogen) atoms. The molecule has 0 atom stereocenters. The molecular formula is C24H30N6O2S. The number of para-hydroxylation sites is 1. The number of aromatic amines is 1. The van der Waals surface area contributed by atoms with Crippen molar-refractivity contribution in [2.24, 2.45) is 0 Å². The van der Waals surface area contributed by atoms with Crippen LogP contribution in [0.1, 0.15) is 14.1 Å². The minimum atomic E-state index is -3.69. The van der Waals surface area contributed by atoms with Gasteiger partial charge >= 0.3 is 0 Å². The van der Waals surface area contributed by atoms with Crippen LogP contribution in [0.25, 0.3) is 10.9 Å². The molecule has 3 heterocycles. The van der Waals surface area contributed by atoms with Crippen LogP contribution in [-0.4, -0.2) is 54.4 Å². The van der Waals surface area contributed by atoms with Gasteiger partial charge in [-0.1, -0.05) is 18.2 Å². The molecule has 0 saturated carbocycles. The van der Waals surface area contributed by atoms with E-state index in [4.69, 9.17) is 0 Å². The molecule has 5 rings (SSSR count). The molecule has 0 radical (unpaired) electrons. The maximum atomic E-state index is 12.6. The van der Waals surface area contributed by atoms with Gasteiger partial charge in [0.2, 0.25) is 0 Å². The van der Waals surface area contributed by atoms with Crippen LogP contribution in [0.5, 0.6) is 0 Å². The number of hydrogen-bond donors (Lipinski definition) is 2. The van der Waals surface area contributed by atoms with Crippen LogP contribution in [-0.2, 0) is 16.6 Å². The molecular weight excluding hydrogens is 436 g/mol. The van der Waals surface area contributed by atoms with Crippen molar-refractivity contribution in [3.8, 4) is 0 Å². The highest BCUT2D eigenvalue weighted by Gasteiger charge is 2.21. The molecule has 1 aliphatic heterocycles. The number of piperazine rings is 1. The number of H-pyrrole nitrogens is 1. The van der Waals surface area contributed by atoms with E-state index in [0.717, 1.165) is 38.4 Å². The number of hydrogen-bond acceptors (Lipinski definition) is 6. The van der Waals surface area contributed by atoms with Crippen LogP contribution in [0.3, 0.4) is 0 Å². The fraction of sp³-hybridized carbons (Fsp3) is 0.250. The maximum absolute atomic E-state index is 12.6. The molecule has 0 aliphatic carbocycles. The molecule has 2 aromatic heterocycles. The van der Waals surface area contributed by atoms with Crippen molar-refractivity contribution in [1.82, 2.24) is 19.9 Å². The third-order valence-electron chi connectivity index (χ3n) is 6.11. The van der Waals surface area contributed by atoms with Crippen molar-refractivity contribution in [1.29, 1.82) is 0 Å². The average molecular weight is 467 g/mol. The smallest absolute Gasteiger partial charge is 0.263 e. The van der Waals surface area contributed by atoms with Gasteiger partial charge in [-0.15, -0.1) is 0 Å². The van der Waals surface area contributed by atoms with Gasteiger partial charge in [-0.3, -0.25) is 9.62 Å². The van der Waals surface area contributed by atoms with E-state index < -0.39 is 10.0 Å². The minimum absolute atomic E-state index is 0. The summed E-state index contributed by atoms with van der Waals surface area (Å²) in [5, 5.41) is 1.30. The molecule has 9 heteroatoms. The zero-order valence-corrected chi connectivity index (χ0v) is 19.2. The monoisotopic (exact) mass is 466 g/mol. The fourth-order valence-electron chi connectivity index (χ4n) is 4.31. The van der Waals surface area contributed by atoms with Gasteiger partial charge in [0, 0.05) is 64.1 Å². The van der Waals surface area contributed by atoms with Crippen molar-refractivity contribution in [2.75, 3.05) is 35.8 Å². The van der Waals surface area contributed by atoms with Crippen LogP contribution >= 0.6 is 0 Å². The number of fused-ring (bicyclic) bond motifs is 1. The highest BCUT2D eigenvalue weighted by Crippen LogP contribution is 2.25. The first kappa shape index (κ1) is 21.4. The Balaban J connectivity index is 0.00000171. The molecule has 0 unspecified atom stereocenters. The first-order chi connectivity index (χ1) is 16.0. The largest absolute Gasteiger partial charge is 0.369 e. The van der Waals surface area contributed by atoms with Crippen LogP contribution in [0.2, 0.25) is 0 Å². The van der Waals surface area contributed by atoms with E-state index in [0.29, 0.717) is 0 Å². The summed E-state index contributed by atoms with van der Waals surface area (Å²) in [5.74, 6) is 0.246. The van der Waals surface area contributed by atoms with Gasteiger partial charge in [-0.05, 0) is 48.9 Å². The first-order valence-corrected chi connectivity index (χ1v) is 12.4. The van der Waals surface area contributed by atoms with Crippen molar-refractivity contribution in [2.45, 2.75) is 18.4 Å². The van der Waals surface area contributed by atoms with Crippen molar-refractivity contribution in [3.63, 3.8) is 0 Å². The Kier molecular flexibility index (Phi) is 5.74. The number of sulfonamides is 1. The number of rotatable bonds is 6. The van der Waals surface area contributed by atoms with Gasteiger partial charge in [0.25, 0.3) is 10.0 Å². The zero-order valence-electron chi connectivity index (χ0n) is 18.4. The Bertz CT molecular complexity index is 1360. The van der Waals surface area contributed by atoms with Gasteiger partial charge in [0.15, 0.2) is 0 Å². The lowest BCUT2D eigenvalue weighted by molar-refractivity contribution is 0.250. The molecule has 0 spiro atoms. The van der Waals surface area contributed by atoms with Crippen molar-refractivity contribution >= 4 is 32.4 Å². The highest BCUT2D eigenvalue weighted by molar-refractivity contribution is 7.92. The Morgan fingerprint density at radius 2 is 1.79 bits per heavy atom. The molecule has 0 amide bonds. The molecule has 1 saturated heterocycles. The summed E-state index contributed by atoms with van der Waals surface area (Å²) in [7, 11) is -3.69. The summed E-state index contributed by atoms with van der Waals surface area (Å²) in [4.78, 5) is 16.2. The average Bonchev–Trinajstić information content (AvgIpc) is 3.15. The SMILES string of the molecule is Cc1[nH]c2ccccc2c1CN1CCN(c2ccc(S(=O)(=O)Nc3ccncn3)cc2)CC1.[HH].[HH]. The topological polar surface area (TPSA) is 94.2 Å². The Morgan fingerprint density at radius 1 is 1.03 bits per heavy atom. The lowest BCUT2D eigenvalue weighted by atomic mass is 10.1. The number of aromatic nitrogens is 3. The summed E-state index contributed by atoms with van der Waals surface area (Å²) in [5.41, 5.74) is 4.81. The molecule has 8 nitrogen and oxygen atoms in total. The number of anilines is 2. The van der Waals surface area contributed by atoms with Gasteiger partial charge in [0.05, 0.1) is 4.90 Å². The standard InChI is InChI=1S/C24H26N6O2S.2H2/c1-18-22(21-4-2-3-5-23(21)27-18)16-29-12-14-30(15-13-29)19-6-8-20(9-7-19)33(31,32)28-24-10-11-25-17-26-24;;/h2-11,17,27H,12-16H2,1H3,(H,25,26,28);2*1H. The highest BCUT2D eigenvalue weighted by atomic mass is 32.2. The number of aryl methyl sites for hydroxylation is 1. The van der Waals surface area contributed by atoms with Crippen LogP contribution in [0, 0.1) is 6.92 Å². The van der Waals surface area contributed by atoms with Crippen molar-refractivity contribution < 1.29 is 11.3 Å². The second kappa shape index (κ2) is 8.84. The van der Waals surface area contributed by atoms with Crippen LogP contribution in [0.15, 0.2) is 72.0 Å². The number of benzene rings is 2. The van der Waals surface area contributed by atoms with Gasteiger partial charge in [-0.25, -0.2) is 18.4 Å². The first-order valence-electron chi connectivity index (χ1n) is 10.9. The summed E-state index contributed by atoms with van der Waals surface area (Å²) >= 11 is 0. The fourth-order valence-corrected chi connectivity index (χ4v) is 5.32. The summed E-state index contributed by atoms with van der Waals surface area (Å²) in [6.07, 6.45) is 2.80. The molecule has 2 N–H and O–H groups in total. The third-order valence-corrected chi connectivity index (χ3v) is 7.48. The van der Waals surface area contributed by atoms with E-state index in [1.807, 2.05) is 12.1 Å². The van der Waals surface area contributed by atoms with E-state index in [2.05, 4.69) is 60.7 Å². The molecule has 1 aliphatic rings. The van der Waals surface area contributed by atoms with E-state index in [1.165, 1.54) is 40.8 Å². The normalized spacial score (nSPS) is 15.1. The lowest BCUT2D eigenvalue weighted by Crippen LogP contribution is -2.46. The third kappa shape index (κ3) is 4.55. The van der Waals surface area contributed by atoms with Gasteiger partial charge in [-0.2, -0.15) is 0 Å². The molecule has 4 aromatic rings.